The normalized spacial score (nSPS) is 16.6. The number of piperidine rings is 1. The van der Waals surface area contributed by atoms with Crippen LogP contribution in [0.3, 0.4) is 0 Å². The van der Waals surface area contributed by atoms with Crippen LogP contribution in [-0.2, 0) is 11.3 Å². The first-order valence-corrected chi connectivity index (χ1v) is 11.6. The molecule has 0 saturated carbocycles. The molecule has 1 saturated heterocycles. The van der Waals surface area contributed by atoms with E-state index in [9.17, 15) is 9.59 Å². The van der Waals surface area contributed by atoms with E-state index in [0.717, 1.165) is 24.9 Å². The fourth-order valence-electron chi connectivity index (χ4n) is 3.76. The van der Waals surface area contributed by atoms with Gasteiger partial charge in [0.1, 0.15) is 5.60 Å². The number of anilines is 1. The van der Waals surface area contributed by atoms with Crippen LogP contribution in [0.5, 0.6) is 5.75 Å². The molecular formula is C24H33ClN4O4. The molecule has 2 aromatic rings. The standard InChI is InChI=1S/C24H33ClN4O4/c1-16(2)32-20-13-26-22(29(21(20)30)14-17-8-6-9-18(25)12-17)28-11-7-10-19(15-28)27-23(31)33-24(3,4)5/h6,8-9,12-13,16,19H,7,10-11,14-15H2,1-5H3,(H,27,31)/t19-/m1/s1. The summed E-state index contributed by atoms with van der Waals surface area (Å²) >= 11 is 6.16. The second-order valence-electron chi connectivity index (χ2n) is 9.54. The van der Waals surface area contributed by atoms with Crippen molar-refractivity contribution >= 4 is 23.6 Å². The Morgan fingerprint density at radius 3 is 2.76 bits per heavy atom. The molecule has 1 fully saturated rings. The topological polar surface area (TPSA) is 85.7 Å². The Balaban J connectivity index is 1.88. The van der Waals surface area contributed by atoms with Crippen LogP contribution < -0.4 is 20.5 Å². The second-order valence-corrected chi connectivity index (χ2v) is 9.98. The van der Waals surface area contributed by atoms with Gasteiger partial charge in [0.2, 0.25) is 11.7 Å². The molecule has 1 atom stereocenters. The van der Waals surface area contributed by atoms with Gasteiger partial charge in [-0.05, 0) is 65.2 Å². The van der Waals surface area contributed by atoms with E-state index in [4.69, 9.17) is 21.1 Å². The van der Waals surface area contributed by atoms with Crippen molar-refractivity contribution in [2.24, 2.45) is 0 Å². The molecule has 1 aliphatic rings. The minimum absolute atomic E-state index is 0.114. The van der Waals surface area contributed by atoms with Gasteiger partial charge in [-0.1, -0.05) is 23.7 Å². The minimum atomic E-state index is -0.566. The van der Waals surface area contributed by atoms with Gasteiger partial charge in [-0.15, -0.1) is 0 Å². The van der Waals surface area contributed by atoms with E-state index in [0.29, 0.717) is 24.1 Å². The van der Waals surface area contributed by atoms with Crippen molar-refractivity contribution in [1.82, 2.24) is 14.9 Å². The summed E-state index contributed by atoms with van der Waals surface area (Å²) in [6.07, 6.45) is 2.55. The van der Waals surface area contributed by atoms with Crippen molar-refractivity contribution in [3.05, 3.63) is 51.4 Å². The number of halogens is 1. The van der Waals surface area contributed by atoms with Gasteiger partial charge in [-0.3, -0.25) is 9.36 Å². The molecule has 3 rings (SSSR count). The average molecular weight is 477 g/mol. The third-order valence-corrected chi connectivity index (χ3v) is 5.25. The number of hydrogen-bond donors (Lipinski definition) is 1. The number of amides is 1. The fraction of sp³-hybridized carbons (Fsp3) is 0.542. The third kappa shape index (κ3) is 7.12. The highest BCUT2D eigenvalue weighted by atomic mass is 35.5. The predicted molar refractivity (Wildman–Crippen MR) is 129 cm³/mol. The van der Waals surface area contributed by atoms with Crippen LogP contribution in [0.1, 0.15) is 53.0 Å². The van der Waals surface area contributed by atoms with Gasteiger partial charge in [0.15, 0.2) is 0 Å². The summed E-state index contributed by atoms with van der Waals surface area (Å²) in [5, 5.41) is 3.54. The van der Waals surface area contributed by atoms with Crippen molar-refractivity contribution in [3.63, 3.8) is 0 Å². The smallest absolute Gasteiger partial charge is 0.407 e. The van der Waals surface area contributed by atoms with E-state index in [1.807, 2.05) is 57.7 Å². The fourth-order valence-corrected chi connectivity index (χ4v) is 3.98. The van der Waals surface area contributed by atoms with Gasteiger partial charge < -0.3 is 19.7 Å². The summed E-state index contributed by atoms with van der Waals surface area (Å²) in [5.41, 5.74) is 0.0645. The Kier molecular flexibility index (Phi) is 7.89. The molecule has 2 heterocycles. The molecule has 0 unspecified atom stereocenters. The zero-order valence-electron chi connectivity index (χ0n) is 19.9. The number of nitrogens with zero attached hydrogens (tertiary/aromatic N) is 3. The summed E-state index contributed by atoms with van der Waals surface area (Å²) in [6.45, 7) is 10.8. The molecule has 180 valence electrons. The van der Waals surface area contributed by atoms with Crippen molar-refractivity contribution in [2.45, 2.75) is 71.8 Å². The first-order chi connectivity index (χ1) is 15.5. The summed E-state index contributed by atoms with van der Waals surface area (Å²) < 4.78 is 12.7. The molecular weight excluding hydrogens is 444 g/mol. The Labute approximate surface area is 199 Å². The largest absolute Gasteiger partial charge is 0.484 e. The van der Waals surface area contributed by atoms with Gasteiger partial charge in [-0.2, -0.15) is 0 Å². The first kappa shape index (κ1) is 24.9. The summed E-state index contributed by atoms with van der Waals surface area (Å²) in [5.74, 6) is 0.739. The number of aromatic nitrogens is 2. The molecule has 0 radical (unpaired) electrons. The monoisotopic (exact) mass is 476 g/mol. The Morgan fingerprint density at radius 2 is 2.09 bits per heavy atom. The number of carbonyl (C=O) groups excluding carboxylic acids is 1. The number of carbonyl (C=O) groups is 1. The summed E-state index contributed by atoms with van der Waals surface area (Å²) in [6, 6.07) is 7.28. The van der Waals surface area contributed by atoms with Crippen LogP contribution in [0.4, 0.5) is 10.7 Å². The Bertz CT molecular complexity index is 1030. The van der Waals surface area contributed by atoms with Crippen LogP contribution in [0, 0.1) is 0 Å². The quantitative estimate of drug-likeness (QED) is 0.671. The molecule has 1 aromatic heterocycles. The molecule has 0 spiro atoms. The Morgan fingerprint density at radius 1 is 1.33 bits per heavy atom. The molecule has 0 bridgehead atoms. The molecule has 0 aliphatic carbocycles. The van der Waals surface area contributed by atoms with Gasteiger partial charge in [0.25, 0.3) is 5.56 Å². The molecule has 1 aromatic carbocycles. The highest BCUT2D eigenvalue weighted by Crippen LogP contribution is 2.21. The minimum Gasteiger partial charge on any atom is -0.484 e. The SMILES string of the molecule is CC(C)Oc1cnc(N2CCC[C@@H](NC(=O)OC(C)(C)C)C2)n(Cc2cccc(Cl)c2)c1=O. The lowest BCUT2D eigenvalue weighted by molar-refractivity contribution is 0.0499. The lowest BCUT2D eigenvalue weighted by Crippen LogP contribution is -2.50. The Hall–Kier alpha value is -2.74. The van der Waals surface area contributed by atoms with E-state index in [-0.39, 0.29) is 23.5 Å². The molecule has 1 amide bonds. The van der Waals surface area contributed by atoms with Crippen molar-refractivity contribution < 1.29 is 14.3 Å². The average Bonchev–Trinajstić information content (AvgIpc) is 2.69. The van der Waals surface area contributed by atoms with E-state index >= 15 is 0 Å². The van der Waals surface area contributed by atoms with Crippen LogP contribution in [0.25, 0.3) is 0 Å². The zero-order valence-corrected chi connectivity index (χ0v) is 20.7. The molecule has 1 aliphatic heterocycles. The number of hydrogen-bond acceptors (Lipinski definition) is 6. The van der Waals surface area contributed by atoms with Crippen LogP contribution >= 0.6 is 11.6 Å². The van der Waals surface area contributed by atoms with E-state index in [2.05, 4.69) is 10.3 Å². The third-order valence-electron chi connectivity index (χ3n) is 5.01. The zero-order chi connectivity index (χ0) is 24.2. The number of benzene rings is 1. The second kappa shape index (κ2) is 10.5. The molecule has 8 nitrogen and oxygen atoms in total. The molecule has 9 heteroatoms. The lowest BCUT2D eigenvalue weighted by atomic mass is 10.1. The summed E-state index contributed by atoms with van der Waals surface area (Å²) in [4.78, 5) is 32.2. The van der Waals surface area contributed by atoms with Gasteiger partial charge >= 0.3 is 6.09 Å². The van der Waals surface area contributed by atoms with Gasteiger partial charge in [0, 0.05) is 24.2 Å². The van der Waals surface area contributed by atoms with E-state index < -0.39 is 11.7 Å². The maximum absolute atomic E-state index is 13.3. The number of nitrogens with one attached hydrogen (secondary N) is 1. The van der Waals surface area contributed by atoms with Crippen LogP contribution in [0.2, 0.25) is 5.02 Å². The molecule has 33 heavy (non-hydrogen) atoms. The van der Waals surface area contributed by atoms with Crippen LogP contribution in [-0.4, -0.2) is 46.5 Å². The first-order valence-electron chi connectivity index (χ1n) is 11.3. The van der Waals surface area contributed by atoms with Crippen molar-refractivity contribution in [2.75, 3.05) is 18.0 Å². The lowest BCUT2D eigenvalue weighted by Gasteiger charge is -2.35. The van der Waals surface area contributed by atoms with Gasteiger partial charge in [-0.25, -0.2) is 9.78 Å². The van der Waals surface area contributed by atoms with Crippen molar-refractivity contribution in [3.8, 4) is 5.75 Å². The number of alkyl carbamates (subject to hydrolysis) is 1. The highest BCUT2D eigenvalue weighted by Gasteiger charge is 2.27. The van der Waals surface area contributed by atoms with E-state index in [1.165, 1.54) is 6.20 Å². The van der Waals surface area contributed by atoms with Crippen LogP contribution in [0.15, 0.2) is 35.3 Å². The van der Waals surface area contributed by atoms with E-state index in [1.54, 1.807) is 10.6 Å². The summed E-state index contributed by atoms with van der Waals surface area (Å²) in [7, 11) is 0. The highest BCUT2D eigenvalue weighted by molar-refractivity contribution is 6.30. The predicted octanol–water partition coefficient (Wildman–Crippen LogP) is 4.23. The maximum atomic E-state index is 13.3. The van der Waals surface area contributed by atoms with Crippen molar-refractivity contribution in [1.29, 1.82) is 0 Å². The molecule has 1 N–H and O–H groups in total. The number of ether oxygens (including phenoxy) is 2. The number of rotatable bonds is 6. The van der Waals surface area contributed by atoms with Gasteiger partial charge in [0.05, 0.1) is 18.8 Å². The maximum Gasteiger partial charge on any atom is 0.407 e.